The van der Waals surface area contributed by atoms with Crippen LogP contribution in [0.3, 0.4) is 0 Å². The Morgan fingerprint density at radius 3 is 2.62 bits per heavy atom. The Bertz CT molecular complexity index is 697. The molecule has 0 bridgehead atoms. The number of hydrogen-bond donors (Lipinski definition) is 2. The fourth-order valence-electron chi connectivity index (χ4n) is 2.71. The van der Waals surface area contributed by atoms with Crippen molar-refractivity contribution in [2.45, 2.75) is 51.1 Å². The number of aliphatic hydroxyl groups is 1. The van der Waals surface area contributed by atoms with Gasteiger partial charge in [-0.2, -0.15) is 0 Å². The Morgan fingerprint density at radius 2 is 2.04 bits per heavy atom. The van der Waals surface area contributed by atoms with Gasteiger partial charge in [-0.1, -0.05) is 35.4 Å². The smallest absolute Gasteiger partial charge is 0.411 e. The molecule has 3 atom stereocenters. The second kappa shape index (κ2) is 8.07. The topological polar surface area (TPSA) is 128 Å². The molecule has 140 valence electrons. The number of carbonyl (C=O) groups is 2. The Balaban J connectivity index is 2.17. The van der Waals surface area contributed by atoms with Gasteiger partial charge in [-0.25, -0.2) is 4.79 Å². The molecule has 1 aromatic carbocycles. The van der Waals surface area contributed by atoms with Gasteiger partial charge in [0.05, 0.1) is 18.7 Å². The highest BCUT2D eigenvalue weighted by atomic mass is 16.6. The fourth-order valence-corrected chi connectivity index (χ4v) is 2.71. The van der Waals surface area contributed by atoms with Crippen LogP contribution in [0.15, 0.2) is 35.4 Å². The van der Waals surface area contributed by atoms with Crippen molar-refractivity contribution in [3.63, 3.8) is 0 Å². The van der Waals surface area contributed by atoms with Crippen LogP contribution in [-0.2, 0) is 16.1 Å². The number of ether oxygens (including phenoxy) is 1. The number of nitrogens with zero attached hydrogens (tertiary/aromatic N) is 4. The van der Waals surface area contributed by atoms with Gasteiger partial charge in [-0.3, -0.25) is 9.69 Å². The van der Waals surface area contributed by atoms with Gasteiger partial charge < -0.3 is 15.2 Å². The molecule has 9 nitrogen and oxygen atoms in total. The summed E-state index contributed by atoms with van der Waals surface area (Å²) in [6, 6.07) is 7.02. The molecular weight excluding hydrogens is 338 g/mol. The largest absolute Gasteiger partial charge is 0.444 e. The van der Waals surface area contributed by atoms with Crippen molar-refractivity contribution < 1.29 is 19.4 Å². The van der Waals surface area contributed by atoms with E-state index in [1.807, 2.05) is 30.3 Å². The predicted octanol–water partition coefficient (Wildman–Crippen LogP) is 1.96. The zero-order chi connectivity index (χ0) is 19.3. The Hall–Kier alpha value is -2.77. The maximum atomic E-state index is 12.7. The lowest BCUT2D eigenvalue weighted by molar-refractivity contribution is -0.126. The first kappa shape index (κ1) is 19.6. The van der Waals surface area contributed by atoms with Gasteiger partial charge in [0.2, 0.25) is 5.91 Å². The number of β-amino-alcohol motifs (C(OH)–C–C–N with tert-alkyl or cyclic N) is 1. The van der Waals surface area contributed by atoms with Crippen LogP contribution in [0.4, 0.5) is 4.79 Å². The molecule has 1 heterocycles. The maximum absolute atomic E-state index is 12.7. The molecule has 26 heavy (non-hydrogen) atoms. The molecule has 0 aromatic heterocycles. The van der Waals surface area contributed by atoms with Crippen LogP contribution in [0.25, 0.3) is 10.4 Å². The van der Waals surface area contributed by atoms with Crippen LogP contribution in [0, 0.1) is 0 Å². The van der Waals surface area contributed by atoms with Crippen molar-refractivity contribution in [2.24, 2.45) is 5.11 Å². The minimum atomic E-state index is -1.15. The molecule has 2 N–H and O–H groups in total. The van der Waals surface area contributed by atoms with Crippen LogP contribution < -0.4 is 5.32 Å². The SMILES string of the molecule is CC(C)(C)OC(=O)N1C[C@H](O)[C@@H](N=[N+]=[N-])[C@H]1C(=O)NCc1ccccc1. The quantitative estimate of drug-likeness (QED) is 0.482. The minimum absolute atomic E-state index is 0.151. The summed E-state index contributed by atoms with van der Waals surface area (Å²) in [6.07, 6.45) is -1.89. The zero-order valence-electron chi connectivity index (χ0n) is 15.0. The summed E-state index contributed by atoms with van der Waals surface area (Å²) in [5.74, 6) is -0.520. The molecule has 0 spiro atoms. The van der Waals surface area contributed by atoms with Crippen molar-refractivity contribution in [3.8, 4) is 0 Å². The van der Waals surface area contributed by atoms with E-state index in [0.717, 1.165) is 10.5 Å². The lowest BCUT2D eigenvalue weighted by atomic mass is 10.1. The number of carbonyl (C=O) groups excluding carboxylic acids is 2. The molecule has 0 saturated carbocycles. The van der Waals surface area contributed by atoms with Crippen molar-refractivity contribution in [1.82, 2.24) is 10.2 Å². The molecule has 1 aromatic rings. The highest BCUT2D eigenvalue weighted by molar-refractivity contribution is 5.87. The van der Waals surface area contributed by atoms with E-state index in [-0.39, 0.29) is 13.1 Å². The second-order valence-electron chi connectivity index (χ2n) is 7.04. The Labute approximate surface area is 151 Å². The number of likely N-dealkylation sites (tertiary alicyclic amines) is 1. The number of aliphatic hydroxyl groups excluding tert-OH is 1. The van der Waals surface area contributed by atoms with E-state index in [4.69, 9.17) is 10.3 Å². The standard InChI is InChI=1S/C17H23N5O4/c1-17(2,3)26-16(25)22-10-12(23)13(20-21-18)14(22)15(24)19-9-11-7-5-4-6-8-11/h4-8,12-14,23H,9-10H2,1-3H3,(H,19,24)/t12-,13+,14-/m0/s1. The van der Waals surface area contributed by atoms with E-state index >= 15 is 0 Å². The molecule has 9 heteroatoms. The summed E-state index contributed by atoms with van der Waals surface area (Å²) < 4.78 is 5.30. The average Bonchev–Trinajstić information content (AvgIpc) is 2.89. The van der Waals surface area contributed by atoms with Gasteiger partial charge in [0.25, 0.3) is 0 Å². The van der Waals surface area contributed by atoms with Crippen molar-refractivity contribution in [1.29, 1.82) is 0 Å². The van der Waals surface area contributed by atoms with Crippen LogP contribution in [0.5, 0.6) is 0 Å². The molecular formula is C17H23N5O4. The third-order valence-corrected chi connectivity index (χ3v) is 3.83. The normalized spacial score (nSPS) is 22.5. The summed E-state index contributed by atoms with van der Waals surface area (Å²) >= 11 is 0. The summed E-state index contributed by atoms with van der Waals surface area (Å²) in [6.45, 7) is 5.20. The third kappa shape index (κ3) is 4.87. The monoisotopic (exact) mass is 361 g/mol. The lowest BCUT2D eigenvalue weighted by Gasteiger charge is -2.28. The molecule has 1 saturated heterocycles. The van der Waals surface area contributed by atoms with Crippen molar-refractivity contribution in [3.05, 3.63) is 46.3 Å². The first-order chi connectivity index (χ1) is 12.2. The van der Waals surface area contributed by atoms with Crippen molar-refractivity contribution >= 4 is 12.0 Å². The fraction of sp³-hybridized carbons (Fsp3) is 0.529. The van der Waals surface area contributed by atoms with Gasteiger partial charge in [0, 0.05) is 11.5 Å². The highest BCUT2D eigenvalue weighted by Gasteiger charge is 2.48. The number of nitrogens with one attached hydrogen (secondary N) is 1. The molecule has 0 unspecified atom stereocenters. The maximum Gasteiger partial charge on any atom is 0.411 e. The van der Waals surface area contributed by atoms with Crippen LogP contribution in [-0.4, -0.2) is 52.3 Å². The van der Waals surface area contributed by atoms with E-state index < -0.39 is 35.8 Å². The van der Waals surface area contributed by atoms with E-state index in [2.05, 4.69) is 15.3 Å². The first-order valence-electron chi connectivity index (χ1n) is 8.26. The van der Waals surface area contributed by atoms with E-state index in [9.17, 15) is 14.7 Å². The third-order valence-electron chi connectivity index (χ3n) is 3.83. The molecule has 1 fully saturated rings. The van der Waals surface area contributed by atoms with Gasteiger partial charge in [0.1, 0.15) is 11.6 Å². The number of azide groups is 1. The van der Waals surface area contributed by atoms with Crippen LogP contribution in [0.1, 0.15) is 26.3 Å². The Morgan fingerprint density at radius 1 is 1.38 bits per heavy atom. The van der Waals surface area contributed by atoms with Crippen molar-refractivity contribution in [2.75, 3.05) is 6.54 Å². The molecule has 0 radical (unpaired) electrons. The van der Waals surface area contributed by atoms with E-state index in [1.54, 1.807) is 20.8 Å². The first-order valence-corrected chi connectivity index (χ1v) is 8.26. The highest BCUT2D eigenvalue weighted by Crippen LogP contribution is 2.25. The molecule has 1 aliphatic heterocycles. The molecule has 0 aliphatic carbocycles. The molecule has 2 amide bonds. The average molecular weight is 361 g/mol. The molecule has 1 aliphatic rings. The lowest BCUT2D eigenvalue weighted by Crippen LogP contribution is -2.50. The summed E-state index contributed by atoms with van der Waals surface area (Å²) in [5.41, 5.74) is 8.86. The van der Waals surface area contributed by atoms with Gasteiger partial charge in [-0.15, -0.1) is 0 Å². The number of benzene rings is 1. The van der Waals surface area contributed by atoms with E-state index in [0.29, 0.717) is 0 Å². The number of hydrogen-bond acceptors (Lipinski definition) is 5. The predicted molar refractivity (Wildman–Crippen MR) is 94.0 cm³/mol. The summed E-state index contributed by atoms with van der Waals surface area (Å²) in [7, 11) is 0. The van der Waals surface area contributed by atoms with Crippen LogP contribution >= 0.6 is 0 Å². The number of amides is 2. The van der Waals surface area contributed by atoms with Crippen LogP contribution in [0.2, 0.25) is 0 Å². The summed E-state index contributed by atoms with van der Waals surface area (Å²) in [5, 5.41) is 16.4. The van der Waals surface area contributed by atoms with Gasteiger partial charge in [-0.05, 0) is 31.9 Å². The van der Waals surface area contributed by atoms with E-state index in [1.165, 1.54) is 0 Å². The molecule has 2 rings (SSSR count). The Kier molecular flexibility index (Phi) is 6.07. The van der Waals surface area contributed by atoms with Gasteiger partial charge in [0.15, 0.2) is 0 Å². The van der Waals surface area contributed by atoms with Gasteiger partial charge >= 0.3 is 6.09 Å². The number of rotatable bonds is 4. The minimum Gasteiger partial charge on any atom is -0.444 e. The summed E-state index contributed by atoms with van der Waals surface area (Å²) in [4.78, 5) is 28.9. The zero-order valence-corrected chi connectivity index (χ0v) is 15.0. The second-order valence-corrected chi connectivity index (χ2v) is 7.04.